The van der Waals surface area contributed by atoms with Crippen LogP contribution in [-0.2, 0) is 20.7 Å². The van der Waals surface area contributed by atoms with E-state index in [1.165, 1.54) is 12.1 Å². The lowest BCUT2D eigenvalue weighted by Crippen LogP contribution is -2.19. The molecule has 1 aliphatic rings. The first-order valence-corrected chi connectivity index (χ1v) is 6.42. The van der Waals surface area contributed by atoms with Crippen LogP contribution in [0.25, 0.3) is 0 Å². The van der Waals surface area contributed by atoms with Crippen molar-refractivity contribution in [3.05, 3.63) is 29.6 Å². The van der Waals surface area contributed by atoms with Crippen LogP contribution in [-0.4, -0.2) is 30.2 Å². The Kier molecular flexibility index (Phi) is 4.68. The number of carbonyl (C=O) groups is 2. The smallest absolute Gasteiger partial charge is 0.307 e. The van der Waals surface area contributed by atoms with Gasteiger partial charge in [-0.25, -0.2) is 4.39 Å². The molecule has 2 N–H and O–H groups in total. The lowest BCUT2D eigenvalue weighted by Gasteiger charge is -2.07. The number of nitrogens with one attached hydrogen (secondary N) is 1. The Bertz CT molecular complexity index is 514. The first-order valence-electron chi connectivity index (χ1n) is 6.42. The van der Waals surface area contributed by atoms with Gasteiger partial charge in [-0.1, -0.05) is 6.07 Å². The summed E-state index contributed by atoms with van der Waals surface area (Å²) in [6.45, 7) is 0.522. The van der Waals surface area contributed by atoms with Gasteiger partial charge in [0.05, 0.1) is 13.0 Å². The number of anilines is 1. The molecule has 0 saturated heterocycles. The molecular formula is C14H16FNO4. The molecule has 20 heavy (non-hydrogen) atoms. The molecule has 1 amide bonds. The predicted molar refractivity (Wildman–Crippen MR) is 69.9 cm³/mol. The van der Waals surface area contributed by atoms with E-state index < -0.39 is 11.8 Å². The maximum Gasteiger partial charge on any atom is 0.307 e. The summed E-state index contributed by atoms with van der Waals surface area (Å²) < 4.78 is 18.8. The van der Waals surface area contributed by atoms with E-state index in [2.05, 4.69) is 5.32 Å². The number of halogens is 1. The van der Waals surface area contributed by atoms with Crippen LogP contribution in [0.1, 0.15) is 18.4 Å². The number of carboxylic acid groups (broad SMARTS) is 1. The monoisotopic (exact) mass is 281 g/mol. The maximum atomic E-state index is 13.6. The fourth-order valence-electron chi connectivity index (χ4n) is 1.73. The summed E-state index contributed by atoms with van der Waals surface area (Å²) in [6, 6.07) is 3.93. The molecule has 2 rings (SSSR count). The third-order valence-electron chi connectivity index (χ3n) is 2.96. The highest BCUT2D eigenvalue weighted by molar-refractivity contribution is 5.91. The molecule has 1 fully saturated rings. The molecule has 0 aromatic heterocycles. The van der Waals surface area contributed by atoms with Crippen LogP contribution < -0.4 is 5.32 Å². The molecule has 0 atom stereocenters. The van der Waals surface area contributed by atoms with Crippen molar-refractivity contribution in [1.82, 2.24) is 0 Å². The number of aliphatic carboxylic acids is 1. The second-order valence-corrected chi connectivity index (χ2v) is 4.88. The van der Waals surface area contributed by atoms with Crippen molar-refractivity contribution in [3.8, 4) is 0 Å². The largest absolute Gasteiger partial charge is 0.481 e. The average Bonchev–Trinajstić information content (AvgIpc) is 3.16. The first kappa shape index (κ1) is 14.5. The Morgan fingerprint density at radius 1 is 1.40 bits per heavy atom. The zero-order valence-corrected chi connectivity index (χ0v) is 10.9. The molecule has 1 aromatic rings. The summed E-state index contributed by atoms with van der Waals surface area (Å²) in [7, 11) is 0. The van der Waals surface area contributed by atoms with Gasteiger partial charge in [-0.15, -0.1) is 0 Å². The zero-order valence-electron chi connectivity index (χ0n) is 10.9. The first-order chi connectivity index (χ1) is 9.54. The van der Waals surface area contributed by atoms with Gasteiger partial charge in [0.1, 0.15) is 12.4 Å². The molecule has 108 valence electrons. The molecule has 0 spiro atoms. The molecule has 0 heterocycles. The highest BCUT2D eigenvalue weighted by Gasteiger charge is 2.21. The number of ether oxygens (including phenoxy) is 1. The molecule has 0 aliphatic heterocycles. The molecule has 0 unspecified atom stereocenters. The Balaban J connectivity index is 1.83. The Morgan fingerprint density at radius 3 is 2.75 bits per heavy atom. The SMILES string of the molecule is O=C(O)Cc1ccc(NC(=O)COCC2CC2)cc1F. The van der Waals surface area contributed by atoms with Crippen LogP contribution in [0.3, 0.4) is 0 Å². The van der Waals surface area contributed by atoms with Crippen LogP contribution in [0.15, 0.2) is 18.2 Å². The number of benzene rings is 1. The fourth-order valence-corrected chi connectivity index (χ4v) is 1.73. The number of hydrogen-bond acceptors (Lipinski definition) is 3. The van der Waals surface area contributed by atoms with Crippen molar-refractivity contribution in [2.45, 2.75) is 19.3 Å². The van der Waals surface area contributed by atoms with E-state index >= 15 is 0 Å². The Morgan fingerprint density at radius 2 is 2.15 bits per heavy atom. The molecule has 1 aromatic carbocycles. The topological polar surface area (TPSA) is 75.6 Å². The maximum absolute atomic E-state index is 13.6. The van der Waals surface area contributed by atoms with Gasteiger partial charge >= 0.3 is 5.97 Å². The number of hydrogen-bond donors (Lipinski definition) is 2. The fraction of sp³-hybridized carbons (Fsp3) is 0.429. The van der Waals surface area contributed by atoms with Crippen molar-refractivity contribution in [3.63, 3.8) is 0 Å². The number of carbonyl (C=O) groups excluding carboxylic acids is 1. The van der Waals surface area contributed by atoms with E-state index in [0.717, 1.165) is 18.9 Å². The molecule has 1 aliphatic carbocycles. The second kappa shape index (κ2) is 6.47. The van der Waals surface area contributed by atoms with Gasteiger partial charge in [-0.3, -0.25) is 9.59 Å². The van der Waals surface area contributed by atoms with Crippen LogP contribution in [0.2, 0.25) is 0 Å². The van der Waals surface area contributed by atoms with Crippen molar-refractivity contribution < 1.29 is 23.8 Å². The summed E-state index contributed by atoms with van der Waals surface area (Å²) in [5, 5.41) is 11.1. The summed E-state index contributed by atoms with van der Waals surface area (Å²) in [6.07, 6.45) is 1.92. The molecule has 1 saturated carbocycles. The van der Waals surface area contributed by atoms with Crippen molar-refractivity contribution in [2.75, 3.05) is 18.5 Å². The molecule has 0 bridgehead atoms. The van der Waals surface area contributed by atoms with Crippen LogP contribution in [0.4, 0.5) is 10.1 Å². The van der Waals surface area contributed by atoms with Gasteiger partial charge in [0.25, 0.3) is 0 Å². The van der Waals surface area contributed by atoms with Crippen molar-refractivity contribution in [1.29, 1.82) is 0 Å². The highest BCUT2D eigenvalue weighted by atomic mass is 19.1. The molecule has 6 heteroatoms. The number of carboxylic acids is 1. The van der Waals surface area contributed by atoms with E-state index in [-0.39, 0.29) is 30.2 Å². The van der Waals surface area contributed by atoms with Gasteiger partial charge in [0, 0.05) is 5.69 Å². The van der Waals surface area contributed by atoms with Crippen LogP contribution in [0.5, 0.6) is 0 Å². The average molecular weight is 281 g/mol. The molecular weight excluding hydrogens is 265 g/mol. The van der Waals surface area contributed by atoms with E-state index in [4.69, 9.17) is 9.84 Å². The second-order valence-electron chi connectivity index (χ2n) is 4.88. The summed E-state index contributed by atoms with van der Waals surface area (Å²) in [4.78, 5) is 22.0. The minimum atomic E-state index is -1.10. The van der Waals surface area contributed by atoms with E-state index in [1.807, 2.05) is 0 Å². The highest BCUT2D eigenvalue weighted by Crippen LogP contribution is 2.28. The third-order valence-corrected chi connectivity index (χ3v) is 2.96. The normalized spacial score (nSPS) is 14.1. The quantitative estimate of drug-likeness (QED) is 0.799. The summed E-state index contributed by atoms with van der Waals surface area (Å²) >= 11 is 0. The number of rotatable bonds is 7. The van der Waals surface area contributed by atoms with Gasteiger partial charge in [-0.2, -0.15) is 0 Å². The minimum absolute atomic E-state index is 0.0605. The zero-order chi connectivity index (χ0) is 14.5. The lowest BCUT2D eigenvalue weighted by atomic mass is 10.1. The number of amides is 1. The van der Waals surface area contributed by atoms with Crippen LogP contribution >= 0.6 is 0 Å². The van der Waals surface area contributed by atoms with E-state index in [9.17, 15) is 14.0 Å². The van der Waals surface area contributed by atoms with E-state index in [0.29, 0.717) is 12.5 Å². The van der Waals surface area contributed by atoms with Crippen molar-refractivity contribution in [2.24, 2.45) is 5.92 Å². The standard InChI is InChI=1S/C14H16FNO4/c15-12-6-11(4-3-10(12)5-14(18)19)16-13(17)8-20-7-9-1-2-9/h3-4,6,9H,1-2,5,7-8H2,(H,16,17)(H,18,19). The van der Waals surface area contributed by atoms with Crippen molar-refractivity contribution >= 4 is 17.6 Å². The van der Waals surface area contributed by atoms with Gasteiger partial charge in [0.15, 0.2) is 0 Å². The molecule has 5 nitrogen and oxygen atoms in total. The Labute approximate surface area is 115 Å². The van der Waals surface area contributed by atoms with Crippen LogP contribution in [0, 0.1) is 11.7 Å². The Hall–Kier alpha value is -1.95. The van der Waals surface area contributed by atoms with Gasteiger partial charge in [0.2, 0.25) is 5.91 Å². The molecule has 0 radical (unpaired) electrons. The minimum Gasteiger partial charge on any atom is -0.481 e. The lowest BCUT2D eigenvalue weighted by molar-refractivity contribution is -0.136. The predicted octanol–water partition coefficient (Wildman–Crippen LogP) is 1.82. The third kappa shape index (κ3) is 4.62. The summed E-state index contributed by atoms with van der Waals surface area (Å²) in [5.74, 6) is -1.52. The van der Waals surface area contributed by atoms with E-state index in [1.54, 1.807) is 0 Å². The van der Waals surface area contributed by atoms with Gasteiger partial charge in [-0.05, 0) is 36.5 Å². The summed E-state index contributed by atoms with van der Waals surface area (Å²) in [5.41, 5.74) is 0.372. The van der Waals surface area contributed by atoms with Gasteiger partial charge < -0.3 is 15.2 Å².